The number of hydrogen-bond donors (Lipinski definition) is 2. The van der Waals surface area contributed by atoms with Crippen molar-refractivity contribution in [1.29, 1.82) is 0 Å². The average molecular weight is 360 g/mol. The second kappa shape index (κ2) is 7.42. The van der Waals surface area contributed by atoms with E-state index in [4.69, 9.17) is 11.6 Å². The minimum absolute atomic E-state index is 0.147. The van der Waals surface area contributed by atoms with Crippen LogP contribution in [0.3, 0.4) is 0 Å². The normalized spacial score (nSPS) is 10.5. The first-order valence-electron chi connectivity index (χ1n) is 7.13. The van der Waals surface area contributed by atoms with Gasteiger partial charge in [-0.2, -0.15) is 0 Å². The lowest BCUT2D eigenvalue weighted by molar-refractivity contribution is -0.113. The molecule has 3 rings (SSSR count). The number of nitrogens with zero attached hydrogens (tertiary/aromatic N) is 2. The van der Waals surface area contributed by atoms with E-state index in [-0.39, 0.29) is 17.4 Å². The Labute approximate surface area is 148 Å². The molecule has 0 saturated carbocycles. The van der Waals surface area contributed by atoms with E-state index in [0.717, 1.165) is 5.69 Å². The first-order valence-corrected chi connectivity index (χ1v) is 8.49. The molecule has 5 nitrogen and oxygen atoms in total. The van der Waals surface area contributed by atoms with Crippen LogP contribution in [0, 0.1) is 0 Å². The van der Waals surface area contributed by atoms with Gasteiger partial charge in [0.2, 0.25) is 5.91 Å². The van der Waals surface area contributed by atoms with Gasteiger partial charge in [-0.3, -0.25) is 9.36 Å². The molecule has 0 radical (unpaired) electrons. The lowest BCUT2D eigenvalue weighted by atomic mass is 10.3. The molecular weight excluding hydrogens is 346 g/mol. The highest BCUT2D eigenvalue weighted by Gasteiger charge is 2.09. The summed E-state index contributed by atoms with van der Waals surface area (Å²) in [6, 6.07) is 13.8. The van der Waals surface area contributed by atoms with Crippen molar-refractivity contribution in [2.75, 3.05) is 11.1 Å². The van der Waals surface area contributed by atoms with Gasteiger partial charge < -0.3 is 10.4 Å². The van der Waals surface area contributed by atoms with Crippen LogP contribution in [0.1, 0.15) is 0 Å². The van der Waals surface area contributed by atoms with Crippen molar-refractivity contribution in [1.82, 2.24) is 9.55 Å². The molecule has 1 heterocycles. The van der Waals surface area contributed by atoms with E-state index in [9.17, 15) is 9.90 Å². The van der Waals surface area contributed by atoms with Crippen molar-refractivity contribution in [2.45, 2.75) is 5.16 Å². The maximum Gasteiger partial charge on any atom is 0.234 e. The fourth-order valence-corrected chi connectivity index (χ4v) is 3.05. The van der Waals surface area contributed by atoms with Gasteiger partial charge >= 0.3 is 0 Å². The van der Waals surface area contributed by atoms with Crippen LogP contribution in [0.5, 0.6) is 5.75 Å². The summed E-state index contributed by atoms with van der Waals surface area (Å²) in [6.45, 7) is 0. The number of anilines is 1. The van der Waals surface area contributed by atoms with Crippen LogP contribution >= 0.6 is 23.4 Å². The van der Waals surface area contributed by atoms with Gasteiger partial charge in [0.05, 0.1) is 5.75 Å². The molecular formula is C17H14ClN3O2S. The van der Waals surface area contributed by atoms with Crippen molar-refractivity contribution >= 4 is 35.0 Å². The number of rotatable bonds is 5. The van der Waals surface area contributed by atoms with Gasteiger partial charge in [-0.25, -0.2) is 4.98 Å². The molecule has 3 aromatic rings. The Hall–Kier alpha value is -2.44. The SMILES string of the molecule is O=C(CSc1nccn1-c1cccc(Cl)c1)Nc1ccc(O)cc1. The second-order valence-corrected chi connectivity index (χ2v) is 6.32. The number of carbonyl (C=O) groups is 1. The van der Waals surface area contributed by atoms with E-state index in [1.165, 1.54) is 23.9 Å². The molecule has 0 atom stereocenters. The third-order valence-electron chi connectivity index (χ3n) is 3.18. The van der Waals surface area contributed by atoms with E-state index in [1.807, 2.05) is 29.0 Å². The third kappa shape index (κ3) is 4.10. The van der Waals surface area contributed by atoms with E-state index in [2.05, 4.69) is 10.3 Å². The highest BCUT2D eigenvalue weighted by molar-refractivity contribution is 7.99. The Morgan fingerprint density at radius 1 is 1.25 bits per heavy atom. The number of nitrogens with one attached hydrogen (secondary N) is 1. The molecule has 122 valence electrons. The number of phenolic OH excluding ortho intramolecular Hbond substituents is 1. The van der Waals surface area contributed by atoms with Gasteiger partial charge in [-0.05, 0) is 42.5 Å². The van der Waals surface area contributed by atoms with E-state index < -0.39 is 0 Å². The maximum absolute atomic E-state index is 12.0. The summed E-state index contributed by atoms with van der Waals surface area (Å²) >= 11 is 7.35. The number of aromatic hydroxyl groups is 1. The summed E-state index contributed by atoms with van der Waals surface area (Å²) in [6.07, 6.45) is 3.51. The predicted octanol–water partition coefficient (Wildman–Crippen LogP) is 3.96. The third-order valence-corrected chi connectivity index (χ3v) is 4.38. The Bertz CT molecular complexity index is 849. The molecule has 2 N–H and O–H groups in total. The number of phenols is 1. The first kappa shape index (κ1) is 16.4. The van der Waals surface area contributed by atoms with Crippen molar-refractivity contribution in [3.8, 4) is 11.4 Å². The summed E-state index contributed by atoms with van der Waals surface area (Å²) in [5.41, 5.74) is 1.53. The molecule has 0 saturated heterocycles. The topological polar surface area (TPSA) is 67.2 Å². The molecule has 1 amide bonds. The number of carbonyl (C=O) groups excluding carboxylic acids is 1. The lowest BCUT2D eigenvalue weighted by Crippen LogP contribution is -2.14. The molecule has 0 unspecified atom stereocenters. The minimum Gasteiger partial charge on any atom is -0.508 e. The molecule has 0 aliphatic carbocycles. The number of aromatic nitrogens is 2. The zero-order valence-corrected chi connectivity index (χ0v) is 14.1. The van der Waals surface area contributed by atoms with Gasteiger partial charge in [0, 0.05) is 28.8 Å². The van der Waals surface area contributed by atoms with Gasteiger partial charge in [-0.1, -0.05) is 29.4 Å². The molecule has 2 aromatic carbocycles. The molecule has 0 spiro atoms. The molecule has 7 heteroatoms. The summed E-state index contributed by atoms with van der Waals surface area (Å²) in [5, 5.41) is 13.4. The van der Waals surface area contributed by atoms with Crippen LogP contribution in [0.25, 0.3) is 5.69 Å². The maximum atomic E-state index is 12.0. The largest absolute Gasteiger partial charge is 0.508 e. The molecule has 0 aliphatic rings. The summed E-state index contributed by atoms with van der Waals surface area (Å²) in [4.78, 5) is 16.3. The summed E-state index contributed by atoms with van der Waals surface area (Å²) in [7, 11) is 0. The van der Waals surface area contributed by atoms with E-state index >= 15 is 0 Å². The highest BCUT2D eigenvalue weighted by Crippen LogP contribution is 2.23. The van der Waals surface area contributed by atoms with Crippen molar-refractivity contribution in [2.24, 2.45) is 0 Å². The van der Waals surface area contributed by atoms with Crippen LogP contribution < -0.4 is 5.32 Å². The highest BCUT2D eigenvalue weighted by atomic mass is 35.5. The Kier molecular flexibility index (Phi) is 5.08. The van der Waals surface area contributed by atoms with Crippen LogP contribution in [-0.2, 0) is 4.79 Å². The Morgan fingerprint density at radius 2 is 2.04 bits per heavy atom. The minimum atomic E-state index is -0.147. The van der Waals surface area contributed by atoms with Crippen LogP contribution in [0.4, 0.5) is 5.69 Å². The summed E-state index contributed by atoms with van der Waals surface area (Å²) in [5.74, 6) is 0.232. The number of thioether (sulfide) groups is 1. The fourth-order valence-electron chi connectivity index (χ4n) is 2.09. The van der Waals surface area contributed by atoms with E-state index in [1.54, 1.807) is 24.4 Å². The molecule has 0 fully saturated rings. The smallest absolute Gasteiger partial charge is 0.234 e. The molecule has 0 bridgehead atoms. The first-order chi connectivity index (χ1) is 11.6. The number of amides is 1. The van der Waals surface area contributed by atoms with Crippen LogP contribution in [0.15, 0.2) is 66.1 Å². The van der Waals surface area contributed by atoms with E-state index in [0.29, 0.717) is 15.9 Å². The second-order valence-electron chi connectivity index (χ2n) is 4.94. The summed E-state index contributed by atoms with van der Waals surface area (Å²) < 4.78 is 1.88. The zero-order chi connectivity index (χ0) is 16.9. The van der Waals surface area contributed by atoms with Crippen molar-refractivity contribution < 1.29 is 9.90 Å². The molecule has 1 aromatic heterocycles. The number of benzene rings is 2. The Morgan fingerprint density at radius 3 is 2.79 bits per heavy atom. The molecule has 24 heavy (non-hydrogen) atoms. The van der Waals surface area contributed by atoms with Gasteiger partial charge in [-0.15, -0.1) is 0 Å². The molecule has 0 aliphatic heterocycles. The lowest BCUT2D eigenvalue weighted by Gasteiger charge is -2.08. The van der Waals surface area contributed by atoms with Gasteiger partial charge in [0.25, 0.3) is 0 Å². The quantitative estimate of drug-likeness (QED) is 0.534. The van der Waals surface area contributed by atoms with Crippen LogP contribution in [-0.4, -0.2) is 26.3 Å². The van der Waals surface area contributed by atoms with Gasteiger partial charge in [0.15, 0.2) is 5.16 Å². The predicted molar refractivity (Wildman–Crippen MR) is 96.0 cm³/mol. The average Bonchev–Trinajstić information content (AvgIpc) is 3.04. The van der Waals surface area contributed by atoms with Gasteiger partial charge in [0.1, 0.15) is 5.75 Å². The number of hydrogen-bond acceptors (Lipinski definition) is 4. The number of halogens is 1. The fraction of sp³-hybridized carbons (Fsp3) is 0.0588. The number of imidazole rings is 1. The zero-order valence-electron chi connectivity index (χ0n) is 12.5. The van der Waals surface area contributed by atoms with Crippen LogP contribution in [0.2, 0.25) is 5.02 Å². The van der Waals surface area contributed by atoms with Crippen molar-refractivity contribution in [3.63, 3.8) is 0 Å². The monoisotopic (exact) mass is 359 g/mol. The van der Waals surface area contributed by atoms with Crippen molar-refractivity contribution in [3.05, 3.63) is 65.9 Å². The standard InChI is InChI=1S/C17H14ClN3O2S/c18-12-2-1-3-14(10-12)21-9-8-19-17(21)24-11-16(23)20-13-4-6-15(22)7-5-13/h1-10,22H,11H2,(H,20,23). The Balaban J connectivity index is 1.64.